The van der Waals surface area contributed by atoms with Crippen molar-refractivity contribution < 1.29 is 14.3 Å². The summed E-state index contributed by atoms with van der Waals surface area (Å²) in [6.07, 6.45) is 2.47. The van der Waals surface area contributed by atoms with Crippen LogP contribution in [0.2, 0.25) is 0 Å². The molecule has 7 heteroatoms. The van der Waals surface area contributed by atoms with Crippen LogP contribution in [0.15, 0.2) is 54.7 Å². The summed E-state index contributed by atoms with van der Waals surface area (Å²) in [6.45, 7) is 0.407. The predicted octanol–water partition coefficient (Wildman–Crippen LogP) is 1.43. The van der Waals surface area contributed by atoms with E-state index in [1.807, 2.05) is 42.5 Å². The fraction of sp³-hybridized carbons (Fsp3) is 0.211. The summed E-state index contributed by atoms with van der Waals surface area (Å²) >= 11 is 0. The minimum atomic E-state index is -0.376. The number of nitrogens with zero attached hydrogens (tertiary/aromatic N) is 2. The van der Waals surface area contributed by atoms with Gasteiger partial charge in [-0.25, -0.2) is 4.52 Å². The SMILES string of the molecule is COc1ccc(CCNC(=O)CNC(=O)c2cc3ccccn3n2)cc1. The van der Waals surface area contributed by atoms with Gasteiger partial charge in [0.25, 0.3) is 5.91 Å². The van der Waals surface area contributed by atoms with Crippen LogP contribution >= 0.6 is 0 Å². The first-order valence-electron chi connectivity index (χ1n) is 8.28. The van der Waals surface area contributed by atoms with E-state index in [0.717, 1.165) is 16.8 Å². The van der Waals surface area contributed by atoms with E-state index in [1.165, 1.54) is 0 Å². The normalized spacial score (nSPS) is 10.5. The zero-order valence-electron chi connectivity index (χ0n) is 14.4. The Hall–Kier alpha value is -3.35. The van der Waals surface area contributed by atoms with Gasteiger partial charge in [0.15, 0.2) is 5.69 Å². The molecule has 0 radical (unpaired) electrons. The molecule has 134 valence electrons. The number of fused-ring (bicyclic) bond motifs is 1. The van der Waals surface area contributed by atoms with Crippen molar-refractivity contribution >= 4 is 17.3 Å². The number of hydrogen-bond donors (Lipinski definition) is 2. The van der Waals surface area contributed by atoms with Crippen molar-refractivity contribution in [1.29, 1.82) is 0 Å². The summed E-state index contributed by atoms with van der Waals surface area (Å²) in [5.41, 5.74) is 2.20. The lowest BCUT2D eigenvalue weighted by atomic mass is 10.1. The van der Waals surface area contributed by atoms with Gasteiger partial charge in [0.2, 0.25) is 5.91 Å². The Morgan fingerprint density at radius 1 is 1.12 bits per heavy atom. The summed E-state index contributed by atoms with van der Waals surface area (Å²) in [7, 11) is 1.62. The van der Waals surface area contributed by atoms with Gasteiger partial charge in [0.05, 0.1) is 19.2 Å². The second-order valence-corrected chi connectivity index (χ2v) is 5.73. The first-order chi connectivity index (χ1) is 12.7. The number of methoxy groups -OCH3 is 1. The van der Waals surface area contributed by atoms with Gasteiger partial charge in [0.1, 0.15) is 5.75 Å². The molecule has 0 aliphatic rings. The smallest absolute Gasteiger partial charge is 0.272 e. The second-order valence-electron chi connectivity index (χ2n) is 5.73. The van der Waals surface area contributed by atoms with E-state index < -0.39 is 0 Å². The molecule has 26 heavy (non-hydrogen) atoms. The number of amides is 2. The van der Waals surface area contributed by atoms with Crippen molar-refractivity contribution in [3.05, 3.63) is 66.0 Å². The van der Waals surface area contributed by atoms with Crippen molar-refractivity contribution in [2.45, 2.75) is 6.42 Å². The van der Waals surface area contributed by atoms with Crippen LogP contribution in [0.1, 0.15) is 16.1 Å². The maximum atomic E-state index is 12.1. The minimum Gasteiger partial charge on any atom is -0.497 e. The Morgan fingerprint density at radius 3 is 2.65 bits per heavy atom. The molecule has 0 aliphatic carbocycles. The largest absolute Gasteiger partial charge is 0.497 e. The Labute approximate surface area is 151 Å². The number of carbonyl (C=O) groups excluding carboxylic acids is 2. The molecule has 0 aliphatic heterocycles. The average Bonchev–Trinajstić information content (AvgIpc) is 3.11. The van der Waals surface area contributed by atoms with E-state index in [2.05, 4.69) is 15.7 Å². The fourth-order valence-electron chi connectivity index (χ4n) is 2.50. The fourth-order valence-corrected chi connectivity index (χ4v) is 2.50. The number of aromatic nitrogens is 2. The molecule has 0 fully saturated rings. The van der Waals surface area contributed by atoms with Crippen LogP contribution in [0.5, 0.6) is 5.75 Å². The highest BCUT2D eigenvalue weighted by molar-refractivity contribution is 5.95. The van der Waals surface area contributed by atoms with E-state index in [0.29, 0.717) is 13.0 Å². The summed E-state index contributed by atoms with van der Waals surface area (Å²) in [5.74, 6) is 0.182. The molecule has 0 unspecified atom stereocenters. The average molecular weight is 352 g/mol. The summed E-state index contributed by atoms with van der Waals surface area (Å²) in [6, 6.07) is 14.9. The molecule has 2 N–H and O–H groups in total. The molecule has 3 aromatic rings. The molecule has 3 rings (SSSR count). The maximum absolute atomic E-state index is 12.1. The second kappa shape index (κ2) is 8.15. The van der Waals surface area contributed by atoms with Crippen LogP contribution in [-0.4, -0.2) is 41.6 Å². The number of nitrogens with one attached hydrogen (secondary N) is 2. The predicted molar refractivity (Wildman–Crippen MR) is 97.2 cm³/mol. The van der Waals surface area contributed by atoms with Gasteiger partial charge in [0, 0.05) is 12.7 Å². The Morgan fingerprint density at radius 2 is 1.92 bits per heavy atom. The lowest BCUT2D eigenvalue weighted by molar-refractivity contribution is -0.120. The highest BCUT2D eigenvalue weighted by atomic mass is 16.5. The van der Waals surface area contributed by atoms with Crippen LogP contribution in [0.4, 0.5) is 0 Å². The van der Waals surface area contributed by atoms with E-state index in [4.69, 9.17) is 4.74 Å². The Bertz CT molecular complexity index is 870. The first kappa shape index (κ1) is 17.5. The van der Waals surface area contributed by atoms with Crippen molar-refractivity contribution in [2.75, 3.05) is 20.2 Å². The molecule has 0 spiro atoms. The lowest BCUT2D eigenvalue weighted by Gasteiger charge is -2.07. The zero-order chi connectivity index (χ0) is 18.4. The first-order valence-corrected chi connectivity index (χ1v) is 8.28. The van der Waals surface area contributed by atoms with Gasteiger partial charge in [-0.3, -0.25) is 9.59 Å². The molecular weight excluding hydrogens is 332 g/mol. The van der Waals surface area contributed by atoms with Crippen LogP contribution in [0.25, 0.3) is 5.52 Å². The summed E-state index contributed by atoms with van der Waals surface area (Å²) < 4.78 is 6.72. The topological polar surface area (TPSA) is 84.7 Å². The van der Waals surface area contributed by atoms with Gasteiger partial charge in [-0.15, -0.1) is 0 Å². The molecule has 0 saturated heterocycles. The Balaban J connectivity index is 1.42. The zero-order valence-corrected chi connectivity index (χ0v) is 14.4. The van der Waals surface area contributed by atoms with Crippen molar-refractivity contribution in [2.24, 2.45) is 0 Å². The lowest BCUT2D eigenvalue weighted by Crippen LogP contribution is -2.37. The van der Waals surface area contributed by atoms with Crippen LogP contribution in [0.3, 0.4) is 0 Å². The number of rotatable bonds is 7. The number of ether oxygens (including phenoxy) is 1. The van der Waals surface area contributed by atoms with Gasteiger partial charge >= 0.3 is 0 Å². The molecule has 2 aromatic heterocycles. The van der Waals surface area contributed by atoms with Crippen molar-refractivity contribution in [1.82, 2.24) is 20.2 Å². The Kier molecular flexibility index (Phi) is 5.48. The highest BCUT2D eigenvalue weighted by Crippen LogP contribution is 2.11. The van der Waals surface area contributed by atoms with Crippen molar-refractivity contribution in [3.8, 4) is 5.75 Å². The minimum absolute atomic E-state index is 0.0880. The number of hydrogen-bond acceptors (Lipinski definition) is 4. The molecule has 0 atom stereocenters. The molecule has 2 amide bonds. The molecule has 2 heterocycles. The van der Waals surface area contributed by atoms with E-state index in [9.17, 15) is 9.59 Å². The number of pyridine rings is 1. The third-order valence-electron chi connectivity index (χ3n) is 3.91. The quantitative estimate of drug-likeness (QED) is 0.674. The molecule has 7 nitrogen and oxygen atoms in total. The highest BCUT2D eigenvalue weighted by Gasteiger charge is 2.11. The van der Waals surface area contributed by atoms with Gasteiger partial charge in [-0.05, 0) is 42.3 Å². The van der Waals surface area contributed by atoms with Crippen LogP contribution < -0.4 is 15.4 Å². The number of carbonyl (C=O) groups is 2. The van der Waals surface area contributed by atoms with E-state index >= 15 is 0 Å². The van der Waals surface area contributed by atoms with Gasteiger partial charge in [-0.2, -0.15) is 5.10 Å². The molecule has 0 bridgehead atoms. The third-order valence-corrected chi connectivity index (χ3v) is 3.91. The van der Waals surface area contributed by atoms with Crippen LogP contribution in [-0.2, 0) is 11.2 Å². The van der Waals surface area contributed by atoms with Gasteiger partial charge < -0.3 is 15.4 Å². The standard InChI is InChI=1S/C19H20N4O3/c1-26-16-7-5-14(6-8-16)9-10-20-18(24)13-21-19(25)17-12-15-4-2-3-11-23(15)22-17/h2-8,11-12H,9-10,13H2,1H3,(H,20,24)(H,21,25). The molecule has 0 saturated carbocycles. The van der Waals surface area contributed by atoms with E-state index in [1.54, 1.807) is 23.9 Å². The van der Waals surface area contributed by atoms with Crippen LogP contribution in [0, 0.1) is 0 Å². The molecule has 1 aromatic carbocycles. The number of benzene rings is 1. The third kappa shape index (κ3) is 4.38. The summed E-state index contributed by atoms with van der Waals surface area (Å²) in [5, 5.41) is 9.53. The van der Waals surface area contributed by atoms with E-state index in [-0.39, 0.29) is 24.1 Å². The van der Waals surface area contributed by atoms with Gasteiger partial charge in [-0.1, -0.05) is 18.2 Å². The monoisotopic (exact) mass is 352 g/mol. The maximum Gasteiger partial charge on any atom is 0.272 e. The van der Waals surface area contributed by atoms with Crippen molar-refractivity contribution in [3.63, 3.8) is 0 Å². The molecular formula is C19H20N4O3. The summed E-state index contributed by atoms with van der Waals surface area (Å²) in [4.78, 5) is 24.0.